The van der Waals surface area contributed by atoms with Crippen LogP contribution in [0.15, 0.2) is 41.8 Å². The maximum atomic E-state index is 12.9. The summed E-state index contributed by atoms with van der Waals surface area (Å²) in [5, 5.41) is 4.49. The van der Waals surface area contributed by atoms with Crippen molar-refractivity contribution in [2.75, 3.05) is 13.7 Å². The summed E-state index contributed by atoms with van der Waals surface area (Å²) in [6.07, 6.45) is 0. The van der Waals surface area contributed by atoms with Crippen LogP contribution >= 0.6 is 11.3 Å². The SMILES string of the molecule is COC(=O)C(CNC(=O)c1cccs1)c1ccc(F)cc1. The minimum Gasteiger partial charge on any atom is -0.468 e. The molecule has 0 saturated heterocycles. The predicted octanol–water partition coefficient (Wildman–Crippen LogP) is 2.57. The number of amides is 1. The average Bonchev–Trinajstić information content (AvgIpc) is 3.03. The van der Waals surface area contributed by atoms with Crippen molar-refractivity contribution in [1.29, 1.82) is 0 Å². The van der Waals surface area contributed by atoms with Crippen molar-refractivity contribution >= 4 is 23.2 Å². The van der Waals surface area contributed by atoms with Crippen molar-refractivity contribution in [2.24, 2.45) is 0 Å². The highest BCUT2D eigenvalue weighted by Crippen LogP contribution is 2.18. The van der Waals surface area contributed by atoms with Gasteiger partial charge in [0.15, 0.2) is 0 Å². The number of benzene rings is 1. The zero-order chi connectivity index (χ0) is 15.2. The molecular formula is C15H14FNO3S. The lowest BCUT2D eigenvalue weighted by Gasteiger charge is -2.15. The molecule has 6 heteroatoms. The van der Waals surface area contributed by atoms with Gasteiger partial charge in [-0.25, -0.2) is 4.39 Å². The van der Waals surface area contributed by atoms with E-state index in [4.69, 9.17) is 4.74 Å². The summed E-state index contributed by atoms with van der Waals surface area (Å²) in [6.45, 7) is 0.0923. The highest BCUT2D eigenvalue weighted by atomic mass is 32.1. The van der Waals surface area contributed by atoms with E-state index in [-0.39, 0.29) is 18.3 Å². The molecule has 1 N–H and O–H groups in total. The Bertz CT molecular complexity index is 610. The highest BCUT2D eigenvalue weighted by molar-refractivity contribution is 7.12. The summed E-state index contributed by atoms with van der Waals surface area (Å²) in [5.74, 6) is -1.78. The minimum absolute atomic E-state index is 0.0923. The third kappa shape index (κ3) is 3.88. The van der Waals surface area contributed by atoms with E-state index in [1.54, 1.807) is 17.5 Å². The number of thiophene rings is 1. The van der Waals surface area contributed by atoms with Crippen LogP contribution in [0, 0.1) is 5.82 Å². The van der Waals surface area contributed by atoms with Crippen molar-refractivity contribution in [3.63, 3.8) is 0 Å². The van der Waals surface area contributed by atoms with E-state index >= 15 is 0 Å². The summed E-state index contributed by atoms with van der Waals surface area (Å²) >= 11 is 1.32. The number of nitrogens with one attached hydrogen (secondary N) is 1. The molecule has 0 bridgehead atoms. The molecule has 0 aliphatic heterocycles. The van der Waals surface area contributed by atoms with Crippen LogP contribution in [0.1, 0.15) is 21.2 Å². The first-order valence-electron chi connectivity index (χ1n) is 6.27. The predicted molar refractivity (Wildman–Crippen MR) is 77.8 cm³/mol. The lowest BCUT2D eigenvalue weighted by Crippen LogP contribution is -2.31. The first kappa shape index (κ1) is 15.2. The lowest BCUT2D eigenvalue weighted by atomic mass is 9.99. The third-order valence-corrected chi connectivity index (χ3v) is 3.84. The van der Waals surface area contributed by atoms with E-state index in [1.165, 1.54) is 42.7 Å². The average molecular weight is 307 g/mol. The van der Waals surface area contributed by atoms with Gasteiger partial charge in [-0.2, -0.15) is 0 Å². The fourth-order valence-corrected chi connectivity index (χ4v) is 2.50. The third-order valence-electron chi connectivity index (χ3n) is 2.97. The number of hydrogen-bond acceptors (Lipinski definition) is 4. The van der Waals surface area contributed by atoms with Crippen LogP contribution < -0.4 is 5.32 Å². The standard InChI is InChI=1S/C15H14FNO3S/c1-20-15(19)12(10-4-6-11(16)7-5-10)9-17-14(18)13-3-2-8-21-13/h2-8,12H,9H2,1H3,(H,17,18). The molecule has 1 aromatic heterocycles. The van der Waals surface area contributed by atoms with Crippen molar-refractivity contribution in [3.8, 4) is 0 Å². The molecule has 1 amide bonds. The maximum Gasteiger partial charge on any atom is 0.314 e. The van der Waals surface area contributed by atoms with E-state index in [2.05, 4.69) is 5.32 Å². The zero-order valence-corrected chi connectivity index (χ0v) is 12.2. The first-order valence-corrected chi connectivity index (χ1v) is 7.14. The van der Waals surface area contributed by atoms with Crippen LogP contribution in [0.3, 0.4) is 0 Å². The quantitative estimate of drug-likeness (QED) is 0.864. The van der Waals surface area contributed by atoms with Crippen molar-refractivity contribution in [1.82, 2.24) is 5.32 Å². The van der Waals surface area contributed by atoms with E-state index in [9.17, 15) is 14.0 Å². The molecule has 0 radical (unpaired) electrons. The Labute approximate surface area is 125 Å². The second kappa shape index (κ2) is 6.99. The lowest BCUT2D eigenvalue weighted by molar-refractivity contribution is -0.142. The Kier molecular flexibility index (Phi) is 5.05. The van der Waals surface area contributed by atoms with E-state index in [0.717, 1.165) is 0 Å². The molecule has 2 rings (SSSR count). The minimum atomic E-state index is -0.667. The fourth-order valence-electron chi connectivity index (χ4n) is 1.86. The first-order chi connectivity index (χ1) is 10.1. The monoisotopic (exact) mass is 307 g/mol. The Hall–Kier alpha value is -2.21. The van der Waals surface area contributed by atoms with Gasteiger partial charge in [-0.15, -0.1) is 11.3 Å². The second-order valence-electron chi connectivity index (χ2n) is 4.31. The topological polar surface area (TPSA) is 55.4 Å². The largest absolute Gasteiger partial charge is 0.468 e. The smallest absolute Gasteiger partial charge is 0.314 e. The van der Waals surface area contributed by atoms with Gasteiger partial charge in [0, 0.05) is 6.54 Å². The molecule has 0 spiro atoms. The maximum absolute atomic E-state index is 12.9. The van der Waals surface area contributed by atoms with Crippen LogP contribution in [-0.4, -0.2) is 25.5 Å². The second-order valence-corrected chi connectivity index (χ2v) is 5.26. The Balaban J connectivity index is 2.08. The Morgan fingerprint density at radius 1 is 1.29 bits per heavy atom. The molecule has 110 valence electrons. The van der Waals surface area contributed by atoms with Crippen LogP contribution in [-0.2, 0) is 9.53 Å². The molecule has 1 atom stereocenters. The van der Waals surface area contributed by atoms with Gasteiger partial charge in [-0.3, -0.25) is 9.59 Å². The number of rotatable bonds is 5. The van der Waals surface area contributed by atoms with Crippen molar-refractivity contribution in [2.45, 2.75) is 5.92 Å². The number of carbonyl (C=O) groups excluding carboxylic acids is 2. The van der Waals surface area contributed by atoms with Gasteiger partial charge in [-0.05, 0) is 29.1 Å². The highest BCUT2D eigenvalue weighted by Gasteiger charge is 2.22. The molecule has 21 heavy (non-hydrogen) atoms. The molecule has 1 heterocycles. The number of esters is 1. The molecular weight excluding hydrogens is 293 g/mol. The number of methoxy groups -OCH3 is 1. The van der Waals surface area contributed by atoms with E-state index in [1.807, 2.05) is 0 Å². The molecule has 1 unspecified atom stereocenters. The van der Waals surface area contributed by atoms with Crippen molar-refractivity contribution in [3.05, 3.63) is 58.0 Å². The van der Waals surface area contributed by atoms with Gasteiger partial charge in [-0.1, -0.05) is 18.2 Å². The van der Waals surface area contributed by atoms with Gasteiger partial charge in [0.2, 0.25) is 0 Å². The van der Waals surface area contributed by atoms with Gasteiger partial charge in [0.1, 0.15) is 5.82 Å². The van der Waals surface area contributed by atoms with Crippen LogP contribution in [0.25, 0.3) is 0 Å². The summed E-state index contributed by atoms with van der Waals surface area (Å²) in [6, 6.07) is 9.03. The summed E-state index contributed by atoms with van der Waals surface area (Å²) in [4.78, 5) is 24.3. The van der Waals surface area contributed by atoms with Gasteiger partial charge in [0.25, 0.3) is 5.91 Å². The molecule has 4 nitrogen and oxygen atoms in total. The van der Waals surface area contributed by atoms with Crippen molar-refractivity contribution < 1.29 is 18.7 Å². The van der Waals surface area contributed by atoms with Crippen LogP contribution in [0.4, 0.5) is 4.39 Å². The number of hydrogen-bond donors (Lipinski definition) is 1. The van der Waals surface area contributed by atoms with Gasteiger partial charge in [0.05, 0.1) is 17.9 Å². The summed E-state index contributed by atoms with van der Waals surface area (Å²) in [7, 11) is 1.28. The van der Waals surface area contributed by atoms with Crippen LogP contribution in [0.2, 0.25) is 0 Å². The number of halogens is 1. The fraction of sp³-hybridized carbons (Fsp3) is 0.200. The zero-order valence-electron chi connectivity index (χ0n) is 11.3. The Morgan fingerprint density at radius 2 is 2.00 bits per heavy atom. The van der Waals surface area contributed by atoms with Gasteiger partial charge >= 0.3 is 5.97 Å². The number of carbonyl (C=O) groups is 2. The molecule has 0 aliphatic rings. The Morgan fingerprint density at radius 3 is 2.57 bits per heavy atom. The van der Waals surface area contributed by atoms with Crippen LogP contribution in [0.5, 0.6) is 0 Å². The number of ether oxygens (including phenoxy) is 1. The normalized spacial score (nSPS) is 11.7. The molecule has 0 aliphatic carbocycles. The molecule has 1 aromatic carbocycles. The summed E-state index contributed by atoms with van der Waals surface area (Å²) in [5.41, 5.74) is 0.592. The molecule has 0 saturated carbocycles. The molecule has 0 fully saturated rings. The van der Waals surface area contributed by atoms with E-state index in [0.29, 0.717) is 10.4 Å². The molecule has 2 aromatic rings. The summed E-state index contributed by atoms with van der Waals surface area (Å²) < 4.78 is 17.7. The van der Waals surface area contributed by atoms with E-state index < -0.39 is 11.9 Å². The van der Waals surface area contributed by atoms with Gasteiger partial charge < -0.3 is 10.1 Å².